The van der Waals surface area contributed by atoms with Crippen LogP contribution in [0.25, 0.3) is 6.08 Å². The number of hydrogen-bond acceptors (Lipinski definition) is 4. The number of amides is 1. The highest BCUT2D eigenvalue weighted by atomic mass is 16.5. The fraction of sp³-hybridized carbons (Fsp3) is 0.438. The molecule has 1 aromatic rings. The third-order valence-corrected chi connectivity index (χ3v) is 2.80. The maximum absolute atomic E-state index is 11.7. The Morgan fingerprint density at radius 1 is 1.14 bits per heavy atom. The first kappa shape index (κ1) is 16.9. The molecule has 0 radical (unpaired) electrons. The summed E-state index contributed by atoms with van der Waals surface area (Å²) in [4.78, 5) is 11.7. The Bertz CT molecular complexity index is 484. The minimum absolute atomic E-state index is 0.127. The van der Waals surface area contributed by atoms with Gasteiger partial charge in [-0.2, -0.15) is 0 Å². The monoisotopic (exact) mass is 293 g/mol. The summed E-state index contributed by atoms with van der Waals surface area (Å²) in [5, 5.41) is 2.82. The predicted molar refractivity (Wildman–Crippen MR) is 83.0 cm³/mol. The normalized spacial score (nSPS) is 10.8. The fourth-order valence-corrected chi connectivity index (χ4v) is 1.73. The highest BCUT2D eigenvalue weighted by Crippen LogP contribution is 2.38. The van der Waals surface area contributed by atoms with Crippen molar-refractivity contribution < 1.29 is 19.0 Å². The summed E-state index contributed by atoms with van der Waals surface area (Å²) in [6, 6.07) is 3.57. The predicted octanol–water partition coefficient (Wildman–Crippen LogP) is 2.50. The molecular formula is C16H23NO4. The third-order valence-electron chi connectivity index (χ3n) is 2.80. The minimum atomic E-state index is -0.127. The number of carbonyl (C=O) groups is 1. The summed E-state index contributed by atoms with van der Waals surface area (Å²) in [5.41, 5.74) is 0.796. The lowest BCUT2D eigenvalue weighted by Crippen LogP contribution is -2.25. The fourth-order valence-electron chi connectivity index (χ4n) is 1.73. The van der Waals surface area contributed by atoms with E-state index in [1.807, 2.05) is 13.8 Å². The molecule has 0 bridgehead atoms. The Kier molecular flexibility index (Phi) is 6.59. The molecule has 0 heterocycles. The first-order chi connectivity index (χ1) is 10.0. The number of methoxy groups -OCH3 is 3. The van der Waals surface area contributed by atoms with Crippen molar-refractivity contribution in [3.05, 3.63) is 23.8 Å². The average molecular weight is 293 g/mol. The van der Waals surface area contributed by atoms with Gasteiger partial charge in [0.25, 0.3) is 0 Å². The van der Waals surface area contributed by atoms with E-state index in [2.05, 4.69) is 5.32 Å². The zero-order chi connectivity index (χ0) is 15.8. The highest BCUT2D eigenvalue weighted by Gasteiger charge is 2.12. The van der Waals surface area contributed by atoms with Crippen molar-refractivity contribution in [3.63, 3.8) is 0 Å². The maximum atomic E-state index is 11.7. The number of ether oxygens (including phenoxy) is 3. The molecule has 0 aliphatic heterocycles. The van der Waals surface area contributed by atoms with Crippen molar-refractivity contribution in [1.29, 1.82) is 0 Å². The smallest absolute Gasteiger partial charge is 0.244 e. The van der Waals surface area contributed by atoms with Crippen molar-refractivity contribution in [2.24, 2.45) is 5.92 Å². The molecule has 0 saturated carbocycles. The van der Waals surface area contributed by atoms with Crippen LogP contribution in [0.2, 0.25) is 0 Å². The molecule has 0 aromatic heterocycles. The first-order valence-corrected chi connectivity index (χ1v) is 6.77. The summed E-state index contributed by atoms with van der Waals surface area (Å²) < 4.78 is 15.8. The Morgan fingerprint density at radius 3 is 2.14 bits per heavy atom. The minimum Gasteiger partial charge on any atom is -0.493 e. The van der Waals surface area contributed by atoms with E-state index in [1.54, 1.807) is 39.5 Å². The molecule has 0 atom stereocenters. The van der Waals surface area contributed by atoms with E-state index in [-0.39, 0.29) is 5.91 Å². The largest absolute Gasteiger partial charge is 0.493 e. The zero-order valence-electron chi connectivity index (χ0n) is 13.2. The third kappa shape index (κ3) is 5.02. The molecule has 5 nitrogen and oxygen atoms in total. The van der Waals surface area contributed by atoms with Crippen LogP contribution in [-0.2, 0) is 4.79 Å². The van der Waals surface area contributed by atoms with Crippen LogP contribution in [-0.4, -0.2) is 33.8 Å². The van der Waals surface area contributed by atoms with Crippen molar-refractivity contribution >= 4 is 12.0 Å². The van der Waals surface area contributed by atoms with Crippen LogP contribution in [0.4, 0.5) is 0 Å². The quantitative estimate of drug-likeness (QED) is 0.785. The van der Waals surface area contributed by atoms with Crippen LogP contribution in [0.15, 0.2) is 18.2 Å². The molecule has 0 aliphatic carbocycles. The van der Waals surface area contributed by atoms with Crippen molar-refractivity contribution in [2.75, 3.05) is 27.9 Å². The number of carbonyl (C=O) groups excluding carboxylic acids is 1. The van der Waals surface area contributed by atoms with E-state index in [1.165, 1.54) is 6.08 Å². The summed E-state index contributed by atoms with van der Waals surface area (Å²) in [6.45, 7) is 4.74. The molecule has 1 N–H and O–H groups in total. The first-order valence-electron chi connectivity index (χ1n) is 6.77. The summed E-state index contributed by atoms with van der Waals surface area (Å²) in [5.74, 6) is 1.93. The lowest BCUT2D eigenvalue weighted by molar-refractivity contribution is -0.116. The Hall–Kier alpha value is -2.17. The van der Waals surface area contributed by atoms with Crippen LogP contribution in [0.3, 0.4) is 0 Å². The van der Waals surface area contributed by atoms with Crippen LogP contribution in [0.5, 0.6) is 17.2 Å². The van der Waals surface area contributed by atoms with Gasteiger partial charge in [-0.25, -0.2) is 0 Å². The van der Waals surface area contributed by atoms with Gasteiger partial charge < -0.3 is 19.5 Å². The number of benzene rings is 1. The van der Waals surface area contributed by atoms with Crippen LogP contribution < -0.4 is 19.5 Å². The van der Waals surface area contributed by atoms with Gasteiger partial charge in [0.05, 0.1) is 21.3 Å². The van der Waals surface area contributed by atoms with Gasteiger partial charge in [-0.15, -0.1) is 0 Å². The molecule has 21 heavy (non-hydrogen) atoms. The van der Waals surface area contributed by atoms with Crippen molar-refractivity contribution in [2.45, 2.75) is 13.8 Å². The van der Waals surface area contributed by atoms with Gasteiger partial charge in [0.15, 0.2) is 11.5 Å². The Labute approximate surface area is 125 Å². The summed E-state index contributed by atoms with van der Waals surface area (Å²) in [7, 11) is 4.66. The lowest BCUT2D eigenvalue weighted by Gasteiger charge is -2.12. The molecule has 5 heteroatoms. The topological polar surface area (TPSA) is 56.8 Å². The molecule has 0 spiro atoms. The molecule has 116 valence electrons. The van der Waals surface area contributed by atoms with Gasteiger partial charge in [-0.05, 0) is 29.7 Å². The van der Waals surface area contributed by atoms with Gasteiger partial charge in [0.1, 0.15) is 0 Å². The van der Waals surface area contributed by atoms with E-state index < -0.39 is 0 Å². The van der Waals surface area contributed by atoms with E-state index >= 15 is 0 Å². The summed E-state index contributed by atoms with van der Waals surface area (Å²) >= 11 is 0. The van der Waals surface area contributed by atoms with Crippen LogP contribution in [0.1, 0.15) is 19.4 Å². The van der Waals surface area contributed by atoms with E-state index in [0.717, 1.165) is 5.56 Å². The SMILES string of the molecule is COc1cc(/C=C/C(=O)NCC(C)C)cc(OC)c1OC. The molecule has 1 amide bonds. The van der Waals surface area contributed by atoms with Gasteiger partial charge >= 0.3 is 0 Å². The van der Waals surface area contributed by atoms with Crippen molar-refractivity contribution in [1.82, 2.24) is 5.32 Å². The molecule has 0 unspecified atom stereocenters. The Morgan fingerprint density at radius 2 is 1.71 bits per heavy atom. The van der Waals surface area contributed by atoms with Crippen LogP contribution >= 0.6 is 0 Å². The van der Waals surface area contributed by atoms with Gasteiger partial charge in [0.2, 0.25) is 11.7 Å². The van der Waals surface area contributed by atoms with E-state index in [9.17, 15) is 4.79 Å². The molecule has 1 aromatic carbocycles. The average Bonchev–Trinajstić information content (AvgIpc) is 2.49. The number of rotatable bonds is 7. The molecule has 1 rings (SSSR count). The van der Waals surface area contributed by atoms with Crippen molar-refractivity contribution in [3.8, 4) is 17.2 Å². The molecule has 0 saturated heterocycles. The second-order valence-electron chi connectivity index (χ2n) is 4.93. The standard InChI is InChI=1S/C16H23NO4/c1-11(2)10-17-15(18)7-6-12-8-13(19-3)16(21-5)14(9-12)20-4/h6-9,11H,10H2,1-5H3,(H,17,18)/b7-6+. The van der Waals surface area contributed by atoms with Crippen LogP contribution in [0, 0.1) is 5.92 Å². The second kappa shape index (κ2) is 8.19. The Balaban J connectivity index is 2.91. The molecule has 0 aliphatic rings. The van der Waals surface area contributed by atoms with E-state index in [0.29, 0.717) is 29.7 Å². The highest BCUT2D eigenvalue weighted by molar-refractivity contribution is 5.91. The van der Waals surface area contributed by atoms with Gasteiger partial charge in [-0.1, -0.05) is 13.8 Å². The van der Waals surface area contributed by atoms with E-state index in [4.69, 9.17) is 14.2 Å². The maximum Gasteiger partial charge on any atom is 0.244 e. The molecule has 0 fully saturated rings. The lowest BCUT2D eigenvalue weighted by atomic mass is 10.1. The summed E-state index contributed by atoms with van der Waals surface area (Å²) in [6.07, 6.45) is 3.20. The van der Waals surface area contributed by atoms with Gasteiger partial charge in [0, 0.05) is 12.6 Å². The second-order valence-corrected chi connectivity index (χ2v) is 4.93. The number of hydrogen-bond donors (Lipinski definition) is 1. The number of nitrogens with one attached hydrogen (secondary N) is 1. The zero-order valence-corrected chi connectivity index (χ0v) is 13.2. The molecular weight excluding hydrogens is 270 g/mol. The van der Waals surface area contributed by atoms with Gasteiger partial charge in [-0.3, -0.25) is 4.79 Å².